The minimum atomic E-state index is -4.83. The summed E-state index contributed by atoms with van der Waals surface area (Å²) in [5, 5.41) is 13.8. The summed E-state index contributed by atoms with van der Waals surface area (Å²) in [5.41, 5.74) is -1.17. The van der Waals surface area contributed by atoms with Crippen LogP contribution in [0.5, 0.6) is 0 Å². The molecule has 2 atom stereocenters. The Morgan fingerprint density at radius 2 is 1.83 bits per heavy atom. The van der Waals surface area contributed by atoms with Crippen molar-refractivity contribution in [2.24, 2.45) is 0 Å². The van der Waals surface area contributed by atoms with Gasteiger partial charge in [0.05, 0.1) is 17.6 Å². The number of hydrogen-bond donors (Lipinski definition) is 2. The Morgan fingerprint density at radius 1 is 1.20 bits per heavy atom. The number of hydrogen-bond acceptors (Lipinski definition) is 5. The van der Waals surface area contributed by atoms with Gasteiger partial charge in [-0.15, -0.1) is 0 Å². The summed E-state index contributed by atoms with van der Waals surface area (Å²) in [6.45, 7) is 2.95. The molecule has 1 aromatic carbocycles. The number of nitrogens with zero attached hydrogens (tertiary/aromatic N) is 1. The Labute approximate surface area is 202 Å². The molecule has 1 aliphatic carbocycles. The monoisotopic (exact) mass is 513 g/mol. The molecule has 0 spiro atoms. The van der Waals surface area contributed by atoms with Crippen molar-refractivity contribution in [2.75, 3.05) is 5.75 Å². The fourth-order valence-corrected chi connectivity index (χ4v) is 4.80. The number of alkyl halides is 3. The van der Waals surface area contributed by atoms with Crippen LogP contribution in [0.2, 0.25) is 0 Å². The number of carbonyl (C=O) groups excluding carboxylic acids is 1. The number of nitriles is 1. The molecule has 0 unspecified atom stereocenters. The van der Waals surface area contributed by atoms with Gasteiger partial charge in [-0.1, -0.05) is 42.5 Å². The molecule has 1 aromatic rings. The average Bonchev–Trinajstić information content (AvgIpc) is 3.54. The van der Waals surface area contributed by atoms with E-state index in [4.69, 9.17) is 0 Å². The van der Waals surface area contributed by atoms with E-state index in [9.17, 15) is 36.0 Å². The number of rotatable bonds is 11. The van der Waals surface area contributed by atoms with Crippen molar-refractivity contribution in [3.05, 3.63) is 71.6 Å². The van der Waals surface area contributed by atoms with Crippen LogP contribution in [-0.2, 0) is 20.4 Å². The van der Waals surface area contributed by atoms with Crippen LogP contribution in [0.1, 0.15) is 32.3 Å². The third-order valence-corrected chi connectivity index (χ3v) is 6.90. The van der Waals surface area contributed by atoms with E-state index < -0.39 is 56.9 Å². The third kappa shape index (κ3) is 8.96. The normalized spacial score (nSPS) is 17.8. The van der Waals surface area contributed by atoms with Crippen molar-refractivity contribution >= 4 is 15.7 Å². The number of nitrogens with one attached hydrogen (secondary N) is 2. The molecule has 0 heterocycles. The van der Waals surface area contributed by atoms with Gasteiger partial charge in [0.1, 0.15) is 23.4 Å². The van der Waals surface area contributed by atoms with Crippen molar-refractivity contribution in [2.45, 2.75) is 56.2 Å². The first-order chi connectivity index (χ1) is 16.3. The summed E-state index contributed by atoms with van der Waals surface area (Å²) in [6, 6.07) is 2.40. The third-order valence-electron chi connectivity index (χ3n) is 5.29. The molecule has 0 aliphatic heterocycles. The second-order valence-electron chi connectivity index (χ2n) is 8.38. The Bertz CT molecular complexity index is 1130. The molecule has 6 nitrogen and oxygen atoms in total. The summed E-state index contributed by atoms with van der Waals surface area (Å²) in [5.74, 6) is -3.14. The summed E-state index contributed by atoms with van der Waals surface area (Å²) >= 11 is 0. The quantitative estimate of drug-likeness (QED) is 0.346. The van der Waals surface area contributed by atoms with Gasteiger partial charge in [-0.3, -0.25) is 10.1 Å². The number of allylic oxidation sites excluding steroid dienone is 5. The fourth-order valence-electron chi connectivity index (χ4n) is 3.22. The highest BCUT2D eigenvalue weighted by atomic mass is 32.2. The van der Waals surface area contributed by atoms with Gasteiger partial charge in [0.15, 0.2) is 9.84 Å². The number of sulfone groups is 1. The average molecular weight is 514 g/mol. The van der Waals surface area contributed by atoms with Crippen LogP contribution < -0.4 is 10.6 Å². The first-order valence-electron chi connectivity index (χ1n) is 10.8. The zero-order valence-corrected chi connectivity index (χ0v) is 20.1. The lowest BCUT2D eigenvalue weighted by molar-refractivity contribution is -0.150. The van der Waals surface area contributed by atoms with Crippen LogP contribution in [0.4, 0.5) is 17.6 Å². The minimum absolute atomic E-state index is 0.187. The SMILES string of the molecule is C\C=C/C=C\C=C(/C)[C@H](N[C@@H](CS(=O)(=O)Cc1ccc(F)cc1)C(=O)NC1(C#N)CC1)C(F)(F)F. The molecular formula is C24H27F4N3O3S. The summed E-state index contributed by atoms with van der Waals surface area (Å²) in [7, 11) is -4.11. The molecular weight excluding hydrogens is 486 g/mol. The van der Waals surface area contributed by atoms with Gasteiger partial charge in [-0.2, -0.15) is 18.4 Å². The molecule has 1 fully saturated rings. The second-order valence-corrected chi connectivity index (χ2v) is 10.5. The molecule has 1 aliphatic rings. The van der Waals surface area contributed by atoms with Crippen LogP contribution in [-0.4, -0.2) is 43.9 Å². The fraction of sp³-hybridized carbons (Fsp3) is 0.417. The van der Waals surface area contributed by atoms with Crippen LogP contribution in [0, 0.1) is 17.1 Å². The van der Waals surface area contributed by atoms with Gasteiger partial charge in [0.25, 0.3) is 0 Å². The minimum Gasteiger partial charge on any atom is -0.336 e. The van der Waals surface area contributed by atoms with Gasteiger partial charge in [-0.25, -0.2) is 12.8 Å². The topological polar surface area (TPSA) is 99.1 Å². The Kier molecular flexibility index (Phi) is 9.40. The van der Waals surface area contributed by atoms with Gasteiger partial charge < -0.3 is 5.32 Å². The van der Waals surface area contributed by atoms with Gasteiger partial charge in [-0.05, 0) is 50.0 Å². The van der Waals surface area contributed by atoms with Gasteiger partial charge in [0, 0.05) is 0 Å². The lowest BCUT2D eigenvalue weighted by Gasteiger charge is -2.28. The smallest absolute Gasteiger partial charge is 0.336 e. The summed E-state index contributed by atoms with van der Waals surface area (Å²) in [6.07, 6.45) is 3.25. The van der Waals surface area contributed by atoms with Gasteiger partial charge >= 0.3 is 6.18 Å². The molecule has 2 rings (SSSR count). The number of amides is 1. The van der Waals surface area contributed by atoms with Crippen molar-refractivity contribution in [3.8, 4) is 6.07 Å². The first-order valence-corrected chi connectivity index (χ1v) is 12.6. The Morgan fingerprint density at radius 3 is 2.34 bits per heavy atom. The molecule has 0 bridgehead atoms. The second kappa shape index (κ2) is 11.6. The predicted octanol–water partition coefficient (Wildman–Crippen LogP) is 3.88. The lowest BCUT2D eigenvalue weighted by atomic mass is 10.1. The van der Waals surface area contributed by atoms with E-state index in [0.29, 0.717) is 12.8 Å². The van der Waals surface area contributed by atoms with E-state index in [-0.39, 0.29) is 11.1 Å². The van der Waals surface area contributed by atoms with Crippen LogP contribution >= 0.6 is 0 Å². The van der Waals surface area contributed by atoms with E-state index in [1.807, 2.05) is 6.07 Å². The van der Waals surface area contributed by atoms with Crippen LogP contribution in [0.25, 0.3) is 0 Å². The van der Waals surface area contributed by atoms with Gasteiger partial charge in [0.2, 0.25) is 5.91 Å². The van der Waals surface area contributed by atoms with Crippen molar-refractivity contribution in [1.82, 2.24) is 10.6 Å². The van der Waals surface area contributed by atoms with E-state index >= 15 is 0 Å². The van der Waals surface area contributed by atoms with Crippen LogP contribution in [0.3, 0.4) is 0 Å². The maximum atomic E-state index is 13.9. The summed E-state index contributed by atoms with van der Waals surface area (Å²) < 4.78 is 80.4. The highest BCUT2D eigenvalue weighted by molar-refractivity contribution is 7.90. The molecule has 0 aromatic heterocycles. The summed E-state index contributed by atoms with van der Waals surface area (Å²) in [4.78, 5) is 12.9. The maximum absolute atomic E-state index is 13.9. The van der Waals surface area contributed by atoms with E-state index in [2.05, 4.69) is 10.6 Å². The molecule has 11 heteroatoms. The molecule has 1 amide bonds. The highest BCUT2D eigenvalue weighted by Gasteiger charge is 2.48. The standard InChI is InChI=1S/C24H27F4N3O3S/c1-3-4-5-6-7-17(2)21(24(26,27)28)30-20(22(32)31-23(16-29)12-13-23)15-35(33,34)14-18-8-10-19(25)11-9-18/h3-11,20-21,30H,12-15H2,1-2H3,(H,31,32)/b4-3-,6-5-,17-7+/t20-,21-/m0/s1. The Hall–Kier alpha value is -2.97. The van der Waals surface area contributed by atoms with Crippen LogP contribution in [0.15, 0.2) is 60.2 Å². The van der Waals surface area contributed by atoms with E-state index in [1.165, 1.54) is 37.3 Å². The van der Waals surface area contributed by atoms with E-state index in [1.54, 1.807) is 19.1 Å². The molecule has 2 N–H and O–H groups in total. The largest absolute Gasteiger partial charge is 0.407 e. The Balaban J connectivity index is 2.33. The molecule has 35 heavy (non-hydrogen) atoms. The molecule has 0 saturated heterocycles. The number of halogens is 4. The predicted molar refractivity (Wildman–Crippen MR) is 124 cm³/mol. The first kappa shape index (κ1) is 28.3. The van der Waals surface area contributed by atoms with E-state index in [0.717, 1.165) is 12.1 Å². The van der Waals surface area contributed by atoms with Crippen molar-refractivity contribution < 1.29 is 30.8 Å². The lowest BCUT2D eigenvalue weighted by Crippen LogP contribution is -2.57. The molecule has 0 radical (unpaired) electrons. The highest BCUT2D eigenvalue weighted by Crippen LogP contribution is 2.34. The maximum Gasteiger partial charge on any atom is 0.407 e. The van der Waals surface area contributed by atoms with Crippen molar-refractivity contribution in [3.63, 3.8) is 0 Å². The number of benzene rings is 1. The zero-order valence-electron chi connectivity index (χ0n) is 19.3. The van der Waals surface area contributed by atoms with Crippen molar-refractivity contribution in [1.29, 1.82) is 5.26 Å². The number of carbonyl (C=O) groups is 1. The molecule has 1 saturated carbocycles. The molecule has 190 valence electrons. The zero-order chi connectivity index (χ0) is 26.3.